The van der Waals surface area contributed by atoms with Gasteiger partial charge in [0.2, 0.25) is 5.91 Å². The first-order valence-corrected chi connectivity index (χ1v) is 8.28. The van der Waals surface area contributed by atoms with Crippen LogP contribution in [-0.2, 0) is 17.8 Å². The van der Waals surface area contributed by atoms with Crippen LogP contribution in [0.3, 0.4) is 0 Å². The molecule has 1 aromatic carbocycles. The Hall–Kier alpha value is -2.33. The highest BCUT2D eigenvalue weighted by atomic mass is 32.1. The van der Waals surface area contributed by atoms with Gasteiger partial charge in [0, 0.05) is 52.6 Å². The Morgan fingerprint density at radius 2 is 2.14 bits per heavy atom. The van der Waals surface area contributed by atoms with E-state index in [1.807, 2.05) is 40.6 Å². The number of aromatic amines is 1. The number of hydrogen-bond donors (Lipinski definition) is 1. The molecule has 3 heterocycles. The van der Waals surface area contributed by atoms with Crippen LogP contribution in [-0.4, -0.2) is 22.3 Å². The van der Waals surface area contributed by atoms with Gasteiger partial charge in [-0.2, -0.15) is 0 Å². The molecule has 1 aliphatic heterocycles. The Morgan fingerprint density at radius 1 is 1.23 bits per heavy atom. The molecule has 3 aromatic rings. The average Bonchev–Trinajstić information content (AvgIpc) is 3.19. The lowest BCUT2D eigenvalue weighted by Gasteiger charge is -2.26. The van der Waals surface area contributed by atoms with Gasteiger partial charge in [-0.05, 0) is 23.6 Å². The van der Waals surface area contributed by atoms with Crippen LogP contribution < -0.4 is 0 Å². The molecule has 0 radical (unpaired) electrons. The minimum absolute atomic E-state index is 0.0873. The number of hydrogen-bond acceptors (Lipinski definition) is 2. The third kappa shape index (κ3) is 2.35. The Bertz CT molecular complexity index is 845. The standard InChI is InChI=1S/C18H16N2OS/c21-18(8-7-13-4-3-11-22-13)20-10-9-17-15(12-20)14-5-1-2-6-16(14)19-17/h1-8,11,19H,9-10,12H2/b8-7+. The molecule has 0 aliphatic carbocycles. The van der Waals surface area contributed by atoms with Crippen molar-refractivity contribution in [2.24, 2.45) is 0 Å². The zero-order valence-electron chi connectivity index (χ0n) is 12.1. The number of aromatic nitrogens is 1. The maximum Gasteiger partial charge on any atom is 0.246 e. The highest BCUT2D eigenvalue weighted by Gasteiger charge is 2.22. The van der Waals surface area contributed by atoms with Crippen molar-refractivity contribution in [3.8, 4) is 0 Å². The first-order chi connectivity index (χ1) is 10.8. The van der Waals surface area contributed by atoms with Crippen LogP contribution in [0, 0.1) is 0 Å². The number of para-hydroxylation sites is 1. The Balaban J connectivity index is 1.57. The van der Waals surface area contributed by atoms with E-state index in [-0.39, 0.29) is 5.91 Å². The van der Waals surface area contributed by atoms with Gasteiger partial charge in [-0.25, -0.2) is 0 Å². The van der Waals surface area contributed by atoms with Crippen LogP contribution in [0.15, 0.2) is 47.9 Å². The maximum atomic E-state index is 12.4. The summed E-state index contributed by atoms with van der Waals surface area (Å²) in [5.74, 6) is 0.0873. The molecule has 0 fully saturated rings. The van der Waals surface area contributed by atoms with Crippen molar-refractivity contribution in [1.82, 2.24) is 9.88 Å². The topological polar surface area (TPSA) is 36.1 Å². The number of rotatable bonds is 2. The van der Waals surface area contributed by atoms with Crippen molar-refractivity contribution in [3.05, 3.63) is 64.0 Å². The smallest absolute Gasteiger partial charge is 0.246 e. The molecule has 3 nitrogen and oxygen atoms in total. The lowest BCUT2D eigenvalue weighted by molar-refractivity contribution is -0.126. The molecule has 2 aromatic heterocycles. The normalized spacial score (nSPS) is 14.6. The molecule has 110 valence electrons. The zero-order valence-corrected chi connectivity index (χ0v) is 12.9. The molecule has 1 amide bonds. The molecule has 22 heavy (non-hydrogen) atoms. The van der Waals surface area contributed by atoms with Crippen LogP contribution in [0.25, 0.3) is 17.0 Å². The molecule has 0 saturated carbocycles. The summed E-state index contributed by atoms with van der Waals surface area (Å²) in [6.45, 7) is 1.46. The molecule has 1 N–H and O–H groups in total. The molecule has 1 aliphatic rings. The van der Waals surface area contributed by atoms with E-state index in [1.54, 1.807) is 17.4 Å². The summed E-state index contributed by atoms with van der Waals surface area (Å²) < 4.78 is 0. The second-order valence-corrected chi connectivity index (χ2v) is 6.47. The number of carbonyl (C=O) groups excluding carboxylic acids is 1. The van der Waals surface area contributed by atoms with E-state index in [2.05, 4.69) is 17.1 Å². The Kier molecular flexibility index (Phi) is 3.31. The zero-order chi connectivity index (χ0) is 14.9. The van der Waals surface area contributed by atoms with Crippen LogP contribution >= 0.6 is 11.3 Å². The van der Waals surface area contributed by atoms with Gasteiger partial charge in [-0.15, -0.1) is 11.3 Å². The van der Waals surface area contributed by atoms with Crippen LogP contribution in [0.2, 0.25) is 0 Å². The Morgan fingerprint density at radius 3 is 3.00 bits per heavy atom. The van der Waals surface area contributed by atoms with Gasteiger partial charge in [0.1, 0.15) is 0 Å². The minimum atomic E-state index is 0.0873. The van der Waals surface area contributed by atoms with Crippen molar-refractivity contribution in [1.29, 1.82) is 0 Å². The fourth-order valence-corrected chi connectivity index (χ4v) is 3.62. The number of amides is 1. The first-order valence-electron chi connectivity index (χ1n) is 7.40. The van der Waals surface area contributed by atoms with Gasteiger partial charge in [0.05, 0.1) is 0 Å². The average molecular weight is 308 g/mol. The van der Waals surface area contributed by atoms with Crippen LogP contribution in [0.5, 0.6) is 0 Å². The summed E-state index contributed by atoms with van der Waals surface area (Å²) >= 11 is 1.64. The van der Waals surface area contributed by atoms with E-state index < -0.39 is 0 Å². The maximum absolute atomic E-state index is 12.4. The molecule has 4 rings (SSSR count). The summed E-state index contributed by atoms with van der Waals surface area (Å²) in [6, 6.07) is 12.3. The quantitative estimate of drug-likeness (QED) is 0.718. The fraction of sp³-hybridized carbons (Fsp3) is 0.167. The number of nitrogens with zero attached hydrogens (tertiary/aromatic N) is 1. The largest absolute Gasteiger partial charge is 0.358 e. The molecular weight excluding hydrogens is 292 g/mol. The van der Waals surface area contributed by atoms with Crippen LogP contribution in [0.4, 0.5) is 0 Å². The molecular formula is C18H16N2OS. The number of thiophene rings is 1. The Labute approximate surface area is 132 Å². The number of H-pyrrole nitrogens is 1. The lowest BCUT2D eigenvalue weighted by Crippen LogP contribution is -2.34. The van der Waals surface area contributed by atoms with Gasteiger partial charge in [-0.3, -0.25) is 4.79 Å². The summed E-state index contributed by atoms with van der Waals surface area (Å²) in [6.07, 6.45) is 4.48. The SMILES string of the molecule is O=C(/C=C/c1cccs1)N1CCc2[nH]c3ccccc3c2C1. The molecule has 0 spiro atoms. The first kappa shape index (κ1) is 13.3. The molecule has 0 saturated heterocycles. The van der Waals surface area contributed by atoms with Crippen molar-refractivity contribution in [2.75, 3.05) is 6.54 Å². The van der Waals surface area contributed by atoms with Gasteiger partial charge in [0.15, 0.2) is 0 Å². The predicted octanol–water partition coefficient (Wildman–Crippen LogP) is 3.83. The van der Waals surface area contributed by atoms with Gasteiger partial charge < -0.3 is 9.88 Å². The van der Waals surface area contributed by atoms with E-state index in [1.165, 1.54) is 16.6 Å². The van der Waals surface area contributed by atoms with E-state index in [0.717, 1.165) is 23.4 Å². The number of fused-ring (bicyclic) bond motifs is 3. The summed E-state index contributed by atoms with van der Waals surface area (Å²) in [5.41, 5.74) is 3.70. The van der Waals surface area contributed by atoms with Crippen LogP contribution in [0.1, 0.15) is 16.1 Å². The van der Waals surface area contributed by atoms with Gasteiger partial charge in [-0.1, -0.05) is 24.3 Å². The summed E-state index contributed by atoms with van der Waals surface area (Å²) in [4.78, 5) is 18.9. The fourth-order valence-electron chi connectivity index (χ4n) is 3.00. The van der Waals surface area contributed by atoms with Gasteiger partial charge in [0.25, 0.3) is 0 Å². The van der Waals surface area contributed by atoms with E-state index >= 15 is 0 Å². The van der Waals surface area contributed by atoms with Crippen molar-refractivity contribution in [2.45, 2.75) is 13.0 Å². The number of carbonyl (C=O) groups is 1. The second-order valence-electron chi connectivity index (χ2n) is 5.49. The third-order valence-corrected chi connectivity index (χ3v) is 4.97. The highest BCUT2D eigenvalue weighted by Crippen LogP contribution is 2.27. The van der Waals surface area contributed by atoms with E-state index in [0.29, 0.717) is 6.54 Å². The molecule has 0 atom stereocenters. The minimum Gasteiger partial charge on any atom is -0.358 e. The van der Waals surface area contributed by atoms with Crippen molar-refractivity contribution >= 4 is 34.2 Å². The molecule has 4 heteroatoms. The van der Waals surface area contributed by atoms with E-state index in [9.17, 15) is 4.79 Å². The highest BCUT2D eigenvalue weighted by molar-refractivity contribution is 7.10. The second kappa shape index (κ2) is 5.46. The predicted molar refractivity (Wildman–Crippen MR) is 90.8 cm³/mol. The van der Waals surface area contributed by atoms with Crippen molar-refractivity contribution in [3.63, 3.8) is 0 Å². The molecule has 0 bridgehead atoms. The third-order valence-electron chi connectivity index (χ3n) is 4.13. The lowest BCUT2D eigenvalue weighted by atomic mass is 10.0. The summed E-state index contributed by atoms with van der Waals surface area (Å²) in [7, 11) is 0. The van der Waals surface area contributed by atoms with Gasteiger partial charge >= 0.3 is 0 Å². The summed E-state index contributed by atoms with van der Waals surface area (Å²) in [5, 5.41) is 3.25. The van der Waals surface area contributed by atoms with Crippen molar-refractivity contribution < 1.29 is 4.79 Å². The number of benzene rings is 1. The monoisotopic (exact) mass is 308 g/mol. The number of nitrogens with one attached hydrogen (secondary N) is 1. The molecule has 0 unspecified atom stereocenters. The van der Waals surface area contributed by atoms with E-state index in [4.69, 9.17) is 0 Å².